The first-order valence-corrected chi connectivity index (χ1v) is 6.92. The number of aromatic nitrogens is 2. The molecule has 2 amide bonds. The van der Waals surface area contributed by atoms with Crippen molar-refractivity contribution in [2.75, 3.05) is 31.1 Å². The summed E-state index contributed by atoms with van der Waals surface area (Å²) in [7, 11) is 0. The average molecular weight is 321 g/mol. The number of halogens is 3. The van der Waals surface area contributed by atoms with E-state index in [0.29, 0.717) is 24.4 Å². The molecule has 0 aromatic carbocycles. The van der Waals surface area contributed by atoms with Gasteiger partial charge in [0, 0.05) is 26.2 Å². The monoisotopic (exact) mass is 321 g/mol. The summed E-state index contributed by atoms with van der Waals surface area (Å²) in [5, 5.41) is 8.35. The third kappa shape index (κ3) is 2.52. The lowest BCUT2D eigenvalue weighted by atomic mass is 10.1. The fourth-order valence-corrected chi connectivity index (χ4v) is 3.09. The zero-order valence-electron chi connectivity index (χ0n) is 10.6. The van der Waals surface area contributed by atoms with Crippen LogP contribution >= 0.6 is 11.3 Å². The predicted molar refractivity (Wildman–Crippen MR) is 65.6 cm³/mol. The van der Waals surface area contributed by atoms with Gasteiger partial charge in [-0.1, -0.05) is 11.3 Å². The van der Waals surface area contributed by atoms with Gasteiger partial charge in [0.2, 0.25) is 10.1 Å². The first-order chi connectivity index (χ1) is 9.86. The Morgan fingerprint density at radius 1 is 1.24 bits per heavy atom. The Labute approximate surface area is 120 Å². The number of hydrogen-bond acceptors (Lipinski definition) is 6. The number of nitrogens with zero attached hydrogens (tertiary/aromatic N) is 4. The highest BCUT2D eigenvalue weighted by molar-refractivity contribution is 7.15. The van der Waals surface area contributed by atoms with Gasteiger partial charge in [-0.15, -0.1) is 10.2 Å². The van der Waals surface area contributed by atoms with E-state index in [9.17, 15) is 22.8 Å². The fourth-order valence-electron chi connectivity index (χ4n) is 2.35. The van der Waals surface area contributed by atoms with Crippen LogP contribution in [-0.2, 0) is 15.8 Å². The van der Waals surface area contributed by atoms with E-state index < -0.39 is 23.0 Å². The van der Waals surface area contributed by atoms with E-state index in [-0.39, 0.29) is 24.3 Å². The Balaban J connectivity index is 1.74. The van der Waals surface area contributed by atoms with Crippen molar-refractivity contribution in [3.63, 3.8) is 0 Å². The van der Waals surface area contributed by atoms with Crippen LogP contribution < -0.4 is 10.2 Å². The van der Waals surface area contributed by atoms with Crippen molar-refractivity contribution in [2.24, 2.45) is 0 Å². The van der Waals surface area contributed by atoms with E-state index in [1.807, 2.05) is 0 Å². The summed E-state index contributed by atoms with van der Waals surface area (Å²) in [5.41, 5.74) is 0. The molecule has 7 nitrogen and oxygen atoms in total. The van der Waals surface area contributed by atoms with Crippen LogP contribution in [-0.4, -0.2) is 59.1 Å². The molecular weight excluding hydrogens is 311 g/mol. The van der Waals surface area contributed by atoms with Crippen LogP contribution in [0.1, 0.15) is 5.01 Å². The highest BCUT2D eigenvalue weighted by Gasteiger charge is 2.40. The first-order valence-electron chi connectivity index (χ1n) is 6.10. The molecule has 1 atom stereocenters. The number of piperazine rings is 2. The van der Waals surface area contributed by atoms with Gasteiger partial charge < -0.3 is 15.1 Å². The maximum absolute atomic E-state index is 12.5. The number of carbonyl (C=O) groups is 2. The zero-order valence-corrected chi connectivity index (χ0v) is 11.4. The Bertz CT molecular complexity index is 589. The molecule has 2 aliphatic rings. The van der Waals surface area contributed by atoms with Gasteiger partial charge >= 0.3 is 18.0 Å². The highest BCUT2D eigenvalue weighted by atomic mass is 32.1. The topological polar surface area (TPSA) is 78.4 Å². The summed E-state index contributed by atoms with van der Waals surface area (Å²) >= 11 is 0.475. The SMILES string of the molecule is O=C1NCC2CN(c3nnc(C(F)(F)F)s3)CCN2C1=O. The summed E-state index contributed by atoms with van der Waals surface area (Å²) in [6.07, 6.45) is -4.51. The molecule has 2 fully saturated rings. The minimum Gasteiger partial charge on any atom is -0.346 e. The molecule has 11 heteroatoms. The van der Waals surface area contributed by atoms with Crippen molar-refractivity contribution in [1.29, 1.82) is 0 Å². The molecule has 0 saturated carbocycles. The van der Waals surface area contributed by atoms with Gasteiger partial charge in [0.1, 0.15) is 0 Å². The Morgan fingerprint density at radius 2 is 2.00 bits per heavy atom. The standard InChI is InChI=1S/C10H10F3N5O2S/c11-10(12,13)8-15-16-9(21-8)17-1-2-18-5(4-17)3-14-6(19)7(18)20/h5H,1-4H2,(H,14,19). The minimum absolute atomic E-state index is 0.173. The lowest BCUT2D eigenvalue weighted by Gasteiger charge is -2.43. The molecular formula is C10H10F3N5O2S. The smallest absolute Gasteiger partial charge is 0.346 e. The second-order valence-electron chi connectivity index (χ2n) is 4.70. The van der Waals surface area contributed by atoms with E-state index in [1.165, 1.54) is 4.90 Å². The summed E-state index contributed by atoms with van der Waals surface area (Å²) < 4.78 is 37.6. The predicted octanol–water partition coefficient (Wildman–Crippen LogP) is -0.296. The molecule has 1 aromatic heterocycles. The van der Waals surface area contributed by atoms with Gasteiger partial charge in [-0.3, -0.25) is 9.59 Å². The van der Waals surface area contributed by atoms with Crippen LogP contribution in [0, 0.1) is 0 Å². The average Bonchev–Trinajstić information content (AvgIpc) is 2.92. The van der Waals surface area contributed by atoms with E-state index >= 15 is 0 Å². The fraction of sp³-hybridized carbons (Fsp3) is 0.600. The summed E-state index contributed by atoms with van der Waals surface area (Å²) in [5.74, 6) is -1.24. The number of amides is 2. The van der Waals surface area contributed by atoms with Gasteiger partial charge in [0.15, 0.2) is 0 Å². The van der Waals surface area contributed by atoms with Gasteiger partial charge in [-0.25, -0.2) is 0 Å². The van der Waals surface area contributed by atoms with Crippen molar-refractivity contribution in [3.05, 3.63) is 5.01 Å². The second kappa shape index (κ2) is 4.83. The van der Waals surface area contributed by atoms with Crippen LogP contribution in [0.3, 0.4) is 0 Å². The first kappa shape index (κ1) is 14.0. The number of anilines is 1. The molecule has 1 aromatic rings. The Hall–Kier alpha value is -1.91. The van der Waals surface area contributed by atoms with Crippen molar-refractivity contribution in [2.45, 2.75) is 12.2 Å². The number of hydrogen-bond donors (Lipinski definition) is 1. The van der Waals surface area contributed by atoms with E-state index in [1.54, 1.807) is 4.90 Å². The van der Waals surface area contributed by atoms with Crippen LogP contribution in [0.25, 0.3) is 0 Å². The van der Waals surface area contributed by atoms with Gasteiger partial charge in [0.25, 0.3) is 0 Å². The normalized spacial score (nSPS) is 23.1. The van der Waals surface area contributed by atoms with Crippen LogP contribution in [0.4, 0.5) is 18.3 Å². The van der Waals surface area contributed by atoms with Crippen molar-refractivity contribution in [1.82, 2.24) is 20.4 Å². The maximum Gasteiger partial charge on any atom is 0.445 e. The molecule has 3 rings (SSSR count). The minimum atomic E-state index is -4.51. The van der Waals surface area contributed by atoms with Crippen molar-refractivity contribution >= 4 is 28.3 Å². The highest BCUT2D eigenvalue weighted by Crippen LogP contribution is 2.34. The van der Waals surface area contributed by atoms with Gasteiger partial charge in [-0.2, -0.15) is 13.2 Å². The van der Waals surface area contributed by atoms with Gasteiger partial charge in [-0.05, 0) is 0 Å². The third-order valence-corrected chi connectivity index (χ3v) is 4.39. The number of carbonyl (C=O) groups excluding carboxylic acids is 2. The molecule has 114 valence electrons. The molecule has 0 radical (unpaired) electrons. The Morgan fingerprint density at radius 3 is 2.67 bits per heavy atom. The summed E-state index contributed by atoms with van der Waals surface area (Å²) in [6.45, 7) is 1.20. The number of nitrogens with one attached hydrogen (secondary N) is 1. The molecule has 2 saturated heterocycles. The molecule has 1 unspecified atom stereocenters. The molecule has 0 aliphatic carbocycles. The summed E-state index contributed by atoms with van der Waals surface area (Å²) in [6, 6.07) is -0.262. The molecule has 2 aliphatic heterocycles. The number of rotatable bonds is 1. The van der Waals surface area contributed by atoms with Crippen LogP contribution in [0.5, 0.6) is 0 Å². The maximum atomic E-state index is 12.5. The number of fused-ring (bicyclic) bond motifs is 1. The van der Waals surface area contributed by atoms with Crippen LogP contribution in [0.2, 0.25) is 0 Å². The molecule has 1 N–H and O–H groups in total. The number of alkyl halides is 3. The van der Waals surface area contributed by atoms with Crippen molar-refractivity contribution < 1.29 is 22.8 Å². The molecule has 0 spiro atoms. The van der Waals surface area contributed by atoms with E-state index in [4.69, 9.17) is 0 Å². The lowest BCUT2D eigenvalue weighted by Crippen LogP contribution is -2.65. The Kier molecular flexibility index (Phi) is 3.23. The second-order valence-corrected chi connectivity index (χ2v) is 5.65. The molecule has 0 bridgehead atoms. The molecule has 21 heavy (non-hydrogen) atoms. The van der Waals surface area contributed by atoms with E-state index in [2.05, 4.69) is 15.5 Å². The summed E-state index contributed by atoms with van der Waals surface area (Å²) in [4.78, 5) is 26.0. The van der Waals surface area contributed by atoms with Crippen LogP contribution in [0.15, 0.2) is 0 Å². The molecule has 3 heterocycles. The van der Waals surface area contributed by atoms with E-state index in [0.717, 1.165) is 0 Å². The largest absolute Gasteiger partial charge is 0.445 e. The quantitative estimate of drug-likeness (QED) is 0.719. The zero-order chi connectivity index (χ0) is 15.2. The lowest BCUT2D eigenvalue weighted by molar-refractivity contribution is -0.150. The van der Waals surface area contributed by atoms with Gasteiger partial charge in [0.05, 0.1) is 6.04 Å². The van der Waals surface area contributed by atoms with Crippen molar-refractivity contribution in [3.8, 4) is 0 Å². The third-order valence-electron chi connectivity index (χ3n) is 3.36.